The number of piperidine rings is 1. The molecule has 2 amide bonds. The number of likely N-dealkylation sites (tertiary alicyclic amines) is 1. The Morgan fingerprint density at radius 3 is 2.26 bits per heavy atom. The van der Waals surface area contributed by atoms with E-state index in [0.29, 0.717) is 6.54 Å². The number of amides is 2. The van der Waals surface area contributed by atoms with E-state index in [9.17, 15) is 19.1 Å². The Morgan fingerprint density at radius 2 is 1.52 bits per heavy atom. The highest BCUT2D eigenvalue weighted by Crippen LogP contribution is 2.28. The van der Waals surface area contributed by atoms with Gasteiger partial charge in [-0.15, -0.1) is 0 Å². The Bertz CT molecular complexity index is 1280. The highest BCUT2D eigenvalue weighted by Gasteiger charge is 2.22. The summed E-state index contributed by atoms with van der Waals surface area (Å²) in [5.41, 5.74) is 2.87. The number of anilines is 1. The fraction of sp³-hybridized carbons (Fsp3) is 0.412. The molecule has 0 atom stereocenters. The van der Waals surface area contributed by atoms with Crippen LogP contribution >= 0.6 is 0 Å². The molecule has 0 spiro atoms. The first-order valence-corrected chi connectivity index (χ1v) is 15.1. The summed E-state index contributed by atoms with van der Waals surface area (Å²) >= 11 is 0. The van der Waals surface area contributed by atoms with Gasteiger partial charge in [0.05, 0.1) is 11.3 Å². The number of unbranched alkanes of at least 4 members (excludes halogenated alkanes) is 6. The number of benzene rings is 3. The van der Waals surface area contributed by atoms with Crippen molar-refractivity contribution in [3.8, 4) is 16.9 Å². The van der Waals surface area contributed by atoms with Gasteiger partial charge >= 0.3 is 6.09 Å². The Morgan fingerprint density at radius 1 is 0.857 bits per heavy atom. The van der Waals surface area contributed by atoms with Gasteiger partial charge in [-0.1, -0.05) is 80.6 Å². The van der Waals surface area contributed by atoms with E-state index in [4.69, 9.17) is 4.74 Å². The van der Waals surface area contributed by atoms with E-state index in [1.807, 2.05) is 54.6 Å². The third-order valence-electron chi connectivity index (χ3n) is 7.70. The highest BCUT2D eigenvalue weighted by molar-refractivity contribution is 5.96. The van der Waals surface area contributed by atoms with Gasteiger partial charge in [0.25, 0.3) is 5.91 Å². The van der Waals surface area contributed by atoms with E-state index in [1.165, 1.54) is 37.8 Å². The van der Waals surface area contributed by atoms with Crippen LogP contribution in [0.4, 0.5) is 14.9 Å². The van der Waals surface area contributed by atoms with Crippen molar-refractivity contribution in [3.63, 3.8) is 0 Å². The number of hydrogen-bond acceptors (Lipinski definition) is 5. The molecule has 4 rings (SSSR count). The molecule has 1 aliphatic rings. The van der Waals surface area contributed by atoms with Crippen molar-refractivity contribution in [2.24, 2.45) is 0 Å². The van der Waals surface area contributed by atoms with Gasteiger partial charge in [0, 0.05) is 31.3 Å². The van der Waals surface area contributed by atoms with Crippen LogP contribution in [0, 0.1) is 5.82 Å². The summed E-state index contributed by atoms with van der Waals surface area (Å²) in [4.78, 5) is 27.2. The molecule has 0 radical (unpaired) electrons. The summed E-state index contributed by atoms with van der Waals surface area (Å²) in [7, 11) is 0. The number of halogens is 1. The maximum atomic E-state index is 13.1. The van der Waals surface area contributed by atoms with Crippen LogP contribution in [0.3, 0.4) is 0 Å². The average Bonchev–Trinajstić information content (AvgIpc) is 2.99. The standard InChI is InChI=1S/C34H42FN3O4/c35-27-17-18-30(32(39)25-27)33(40)36-21-11-4-2-1-3-5-12-22-38-23-19-28(20-24-38)42-34(41)37-31-16-10-9-15-29(31)26-13-7-6-8-14-26/h6-10,13-18,25,28,39H,1-5,11-12,19-24H2,(H,36,40)(H,37,41). The number of phenols is 1. The molecule has 1 fully saturated rings. The van der Waals surface area contributed by atoms with Gasteiger partial charge in [-0.3, -0.25) is 10.1 Å². The molecule has 3 N–H and O–H groups in total. The molecule has 7 nitrogen and oxygen atoms in total. The fourth-order valence-electron chi connectivity index (χ4n) is 5.34. The third-order valence-corrected chi connectivity index (χ3v) is 7.70. The molecule has 224 valence electrons. The minimum Gasteiger partial charge on any atom is -0.507 e. The first-order valence-electron chi connectivity index (χ1n) is 15.1. The molecule has 1 heterocycles. The Kier molecular flexibility index (Phi) is 12.2. The Labute approximate surface area is 248 Å². The van der Waals surface area contributed by atoms with Crippen LogP contribution in [0.25, 0.3) is 11.1 Å². The molecule has 42 heavy (non-hydrogen) atoms. The van der Waals surface area contributed by atoms with Gasteiger partial charge in [0.1, 0.15) is 17.7 Å². The molecule has 3 aromatic rings. The van der Waals surface area contributed by atoms with Gasteiger partial charge in [0.2, 0.25) is 0 Å². The molecule has 0 saturated carbocycles. The first kappa shape index (κ1) is 31.0. The molecular weight excluding hydrogens is 533 g/mol. The van der Waals surface area contributed by atoms with Crippen molar-refractivity contribution in [2.75, 3.05) is 31.5 Å². The van der Waals surface area contributed by atoms with Gasteiger partial charge in [-0.2, -0.15) is 0 Å². The third kappa shape index (κ3) is 9.87. The fourth-order valence-corrected chi connectivity index (χ4v) is 5.34. The van der Waals surface area contributed by atoms with Crippen LogP contribution in [0.5, 0.6) is 5.75 Å². The van der Waals surface area contributed by atoms with Crippen molar-refractivity contribution >= 4 is 17.7 Å². The number of ether oxygens (including phenoxy) is 1. The number of carbonyl (C=O) groups excluding carboxylic acids is 2. The number of rotatable bonds is 14. The van der Waals surface area contributed by atoms with Crippen LogP contribution < -0.4 is 10.6 Å². The zero-order chi connectivity index (χ0) is 29.6. The van der Waals surface area contributed by atoms with Crippen molar-refractivity contribution < 1.29 is 23.8 Å². The van der Waals surface area contributed by atoms with E-state index < -0.39 is 11.9 Å². The summed E-state index contributed by atoms with van der Waals surface area (Å²) in [6, 6.07) is 21.2. The number of nitrogens with one attached hydrogen (secondary N) is 2. The summed E-state index contributed by atoms with van der Waals surface area (Å²) in [6.45, 7) is 3.50. The SMILES string of the molecule is O=C(Nc1ccccc1-c1ccccc1)OC1CCN(CCCCCCCCCNC(=O)c2ccc(F)cc2O)CC1. The number of phenolic OH excluding ortho intramolecular Hbond substituents is 1. The largest absolute Gasteiger partial charge is 0.507 e. The summed E-state index contributed by atoms with van der Waals surface area (Å²) in [6.07, 6.45) is 9.01. The minimum atomic E-state index is -0.568. The van der Waals surface area contributed by atoms with E-state index in [1.54, 1.807) is 0 Å². The Balaban J connectivity index is 1.01. The topological polar surface area (TPSA) is 90.9 Å². The zero-order valence-corrected chi connectivity index (χ0v) is 24.2. The van der Waals surface area contributed by atoms with Gasteiger partial charge in [-0.05, 0) is 56.0 Å². The number of aromatic hydroxyl groups is 1. The summed E-state index contributed by atoms with van der Waals surface area (Å²) in [5.74, 6) is -1.29. The van der Waals surface area contributed by atoms with Crippen molar-refractivity contribution in [2.45, 2.75) is 63.9 Å². The lowest BCUT2D eigenvalue weighted by Crippen LogP contribution is -2.38. The van der Waals surface area contributed by atoms with E-state index in [0.717, 1.165) is 74.6 Å². The summed E-state index contributed by atoms with van der Waals surface area (Å²) < 4.78 is 18.8. The lowest BCUT2D eigenvalue weighted by molar-refractivity contribution is 0.0584. The molecule has 1 aliphatic heterocycles. The molecule has 0 aromatic heterocycles. The van der Waals surface area contributed by atoms with E-state index in [-0.39, 0.29) is 23.3 Å². The molecule has 8 heteroatoms. The molecule has 0 bridgehead atoms. The second kappa shape index (κ2) is 16.5. The second-order valence-electron chi connectivity index (χ2n) is 10.9. The van der Waals surface area contributed by atoms with Crippen LogP contribution in [-0.4, -0.2) is 54.3 Å². The predicted octanol–water partition coefficient (Wildman–Crippen LogP) is 7.37. The molecule has 0 aliphatic carbocycles. The molecule has 0 unspecified atom stereocenters. The maximum Gasteiger partial charge on any atom is 0.411 e. The van der Waals surface area contributed by atoms with Gasteiger partial charge < -0.3 is 20.1 Å². The van der Waals surface area contributed by atoms with Crippen LogP contribution in [0.15, 0.2) is 72.8 Å². The Hall–Kier alpha value is -3.91. The van der Waals surface area contributed by atoms with Gasteiger partial charge in [0.15, 0.2) is 0 Å². The van der Waals surface area contributed by atoms with Crippen LogP contribution in [0.1, 0.15) is 68.1 Å². The first-order chi connectivity index (χ1) is 20.5. The van der Waals surface area contributed by atoms with Crippen LogP contribution in [-0.2, 0) is 4.74 Å². The van der Waals surface area contributed by atoms with Gasteiger partial charge in [-0.25, -0.2) is 9.18 Å². The molecular formula is C34H42FN3O4. The number of hydrogen-bond donors (Lipinski definition) is 3. The predicted molar refractivity (Wildman–Crippen MR) is 164 cm³/mol. The average molecular weight is 576 g/mol. The van der Waals surface area contributed by atoms with Crippen molar-refractivity contribution in [3.05, 3.63) is 84.2 Å². The minimum absolute atomic E-state index is 0.0590. The van der Waals surface area contributed by atoms with Crippen molar-refractivity contribution in [1.82, 2.24) is 10.2 Å². The molecule has 3 aromatic carbocycles. The quantitative estimate of drug-likeness (QED) is 0.175. The second-order valence-corrected chi connectivity index (χ2v) is 10.9. The van der Waals surface area contributed by atoms with Crippen molar-refractivity contribution in [1.29, 1.82) is 0 Å². The van der Waals surface area contributed by atoms with Crippen LogP contribution in [0.2, 0.25) is 0 Å². The number of carbonyl (C=O) groups is 2. The lowest BCUT2D eigenvalue weighted by Gasteiger charge is -2.31. The lowest BCUT2D eigenvalue weighted by atomic mass is 10.0. The monoisotopic (exact) mass is 575 g/mol. The maximum absolute atomic E-state index is 13.1. The zero-order valence-electron chi connectivity index (χ0n) is 24.2. The molecule has 1 saturated heterocycles. The van der Waals surface area contributed by atoms with E-state index >= 15 is 0 Å². The highest BCUT2D eigenvalue weighted by atomic mass is 19.1. The number of para-hydroxylation sites is 1. The summed E-state index contributed by atoms with van der Waals surface area (Å²) in [5, 5.41) is 15.4. The smallest absolute Gasteiger partial charge is 0.411 e. The van der Waals surface area contributed by atoms with E-state index in [2.05, 4.69) is 15.5 Å². The normalized spacial score (nSPS) is 13.9. The number of nitrogens with zero attached hydrogens (tertiary/aromatic N) is 1.